The minimum Gasteiger partial charge on any atom is -0.495 e. The summed E-state index contributed by atoms with van der Waals surface area (Å²) in [4.78, 5) is 0. The molecule has 0 radical (unpaired) electrons. The molecule has 0 atom stereocenters. The van der Waals surface area contributed by atoms with Crippen LogP contribution in [0, 0.1) is 0 Å². The van der Waals surface area contributed by atoms with Crippen LogP contribution < -0.4 is 19.9 Å². The first-order valence-corrected chi connectivity index (χ1v) is 6.17. The number of nitrogens with one attached hydrogen (secondary N) is 2. The predicted molar refractivity (Wildman–Crippen MR) is 63.6 cm³/mol. The van der Waals surface area contributed by atoms with Crippen LogP contribution >= 0.6 is 0 Å². The summed E-state index contributed by atoms with van der Waals surface area (Å²) >= 11 is 0. The Kier molecular flexibility index (Phi) is 3.97. The van der Waals surface area contributed by atoms with Crippen LogP contribution in [0.25, 0.3) is 0 Å². The summed E-state index contributed by atoms with van der Waals surface area (Å²) in [5, 5.41) is 0. The van der Waals surface area contributed by atoms with Crippen molar-refractivity contribution < 1.29 is 13.2 Å². The van der Waals surface area contributed by atoms with E-state index in [1.807, 2.05) is 0 Å². The standard InChI is InChI=1S/C9H15N3O3S/c1-3-11-16(13,14)12-7-4-5-9(15-2)8(10)6-7/h4-6,11-12H,3,10H2,1-2H3. The molecule has 0 amide bonds. The fourth-order valence-corrected chi connectivity index (χ4v) is 2.07. The summed E-state index contributed by atoms with van der Waals surface area (Å²) in [6.07, 6.45) is 0. The molecular weight excluding hydrogens is 230 g/mol. The first-order chi connectivity index (χ1) is 7.48. The second-order valence-corrected chi connectivity index (χ2v) is 4.56. The normalized spacial score (nSPS) is 11.1. The molecular formula is C9H15N3O3S. The van der Waals surface area contributed by atoms with Gasteiger partial charge < -0.3 is 10.5 Å². The highest BCUT2D eigenvalue weighted by Gasteiger charge is 2.08. The number of rotatable bonds is 5. The van der Waals surface area contributed by atoms with E-state index in [9.17, 15) is 8.42 Å². The maximum absolute atomic E-state index is 11.4. The van der Waals surface area contributed by atoms with Crippen LogP contribution in [-0.4, -0.2) is 22.1 Å². The second kappa shape index (κ2) is 5.04. The molecule has 0 fully saturated rings. The number of methoxy groups -OCH3 is 1. The number of ether oxygens (including phenoxy) is 1. The van der Waals surface area contributed by atoms with Crippen LogP contribution in [0.3, 0.4) is 0 Å². The molecule has 0 aromatic heterocycles. The van der Waals surface area contributed by atoms with Crippen LogP contribution in [0.1, 0.15) is 6.92 Å². The Hall–Kier alpha value is -1.47. The maximum atomic E-state index is 11.4. The zero-order valence-electron chi connectivity index (χ0n) is 9.15. The molecule has 0 saturated heterocycles. The molecule has 0 heterocycles. The third-order valence-electron chi connectivity index (χ3n) is 1.82. The molecule has 1 aromatic rings. The lowest BCUT2D eigenvalue weighted by Gasteiger charge is -2.10. The van der Waals surface area contributed by atoms with Gasteiger partial charge in [0.1, 0.15) is 5.75 Å². The van der Waals surface area contributed by atoms with E-state index < -0.39 is 10.2 Å². The van der Waals surface area contributed by atoms with E-state index in [-0.39, 0.29) is 0 Å². The molecule has 0 aliphatic heterocycles. The fraction of sp³-hybridized carbons (Fsp3) is 0.333. The van der Waals surface area contributed by atoms with E-state index >= 15 is 0 Å². The van der Waals surface area contributed by atoms with Gasteiger partial charge in [-0.2, -0.15) is 13.1 Å². The smallest absolute Gasteiger partial charge is 0.299 e. The van der Waals surface area contributed by atoms with Gasteiger partial charge in [-0.1, -0.05) is 6.92 Å². The Morgan fingerprint density at radius 2 is 2.12 bits per heavy atom. The maximum Gasteiger partial charge on any atom is 0.299 e. The van der Waals surface area contributed by atoms with Crippen molar-refractivity contribution in [2.75, 3.05) is 24.1 Å². The summed E-state index contributed by atoms with van der Waals surface area (Å²) in [5.74, 6) is 0.506. The van der Waals surface area contributed by atoms with E-state index in [0.717, 1.165) is 0 Å². The van der Waals surface area contributed by atoms with Crippen molar-refractivity contribution >= 4 is 21.6 Å². The first kappa shape index (κ1) is 12.6. The fourth-order valence-electron chi connectivity index (χ4n) is 1.18. The van der Waals surface area contributed by atoms with Gasteiger partial charge in [-0.05, 0) is 18.2 Å². The van der Waals surface area contributed by atoms with Gasteiger partial charge in [-0.3, -0.25) is 4.72 Å². The van der Waals surface area contributed by atoms with E-state index in [1.54, 1.807) is 19.1 Å². The first-order valence-electron chi connectivity index (χ1n) is 4.69. The Morgan fingerprint density at radius 3 is 2.62 bits per heavy atom. The lowest BCUT2D eigenvalue weighted by Crippen LogP contribution is -2.29. The van der Waals surface area contributed by atoms with Gasteiger partial charge in [-0.15, -0.1) is 0 Å². The van der Waals surface area contributed by atoms with Crippen LogP contribution in [0.5, 0.6) is 5.75 Å². The number of hydrogen-bond donors (Lipinski definition) is 3. The molecule has 1 aromatic carbocycles. The highest BCUT2D eigenvalue weighted by molar-refractivity contribution is 7.90. The molecule has 7 heteroatoms. The van der Waals surface area contributed by atoms with E-state index in [0.29, 0.717) is 23.7 Å². The molecule has 0 unspecified atom stereocenters. The molecule has 0 spiro atoms. The van der Waals surface area contributed by atoms with Crippen molar-refractivity contribution in [1.29, 1.82) is 0 Å². The van der Waals surface area contributed by atoms with Gasteiger partial charge >= 0.3 is 0 Å². The van der Waals surface area contributed by atoms with Crippen molar-refractivity contribution in [3.8, 4) is 5.75 Å². The van der Waals surface area contributed by atoms with Crippen molar-refractivity contribution in [2.24, 2.45) is 0 Å². The Bertz CT molecular complexity index is 459. The molecule has 90 valence electrons. The lowest BCUT2D eigenvalue weighted by molar-refractivity contribution is 0.417. The topological polar surface area (TPSA) is 93.5 Å². The monoisotopic (exact) mass is 245 g/mol. The number of nitrogen functional groups attached to an aromatic ring is 1. The molecule has 16 heavy (non-hydrogen) atoms. The predicted octanol–water partition coefficient (Wildman–Crippen LogP) is 0.544. The summed E-state index contributed by atoms with van der Waals surface area (Å²) in [7, 11) is -2.02. The van der Waals surface area contributed by atoms with Gasteiger partial charge in [-0.25, -0.2) is 0 Å². The highest BCUT2D eigenvalue weighted by atomic mass is 32.2. The van der Waals surface area contributed by atoms with Crippen LogP contribution in [0.4, 0.5) is 11.4 Å². The summed E-state index contributed by atoms with van der Waals surface area (Å²) in [6, 6.07) is 4.66. The largest absolute Gasteiger partial charge is 0.495 e. The molecule has 0 bridgehead atoms. The average Bonchev–Trinajstić information content (AvgIpc) is 2.17. The number of anilines is 2. The third-order valence-corrected chi connectivity index (χ3v) is 2.99. The third kappa shape index (κ3) is 3.28. The minimum atomic E-state index is -3.52. The Labute approximate surface area is 95.0 Å². The molecule has 1 rings (SSSR count). The van der Waals surface area contributed by atoms with Crippen molar-refractivity contribution in [2.45, 2.75) is 6.92 Å². The van der Waals surface area contributed by atoms with E-state index in [4.69, 9.17) is 10.5 Å². The van der Waals surface area contributed by atoms with Crippen LogP contribution in [-0.2, 0) is 10.2 Å². The van der Waals surface area contributed by atoms with E-state index in [2.05, 4.69) is 9.44 Å². The highest BCUT2D eigenvalue weighted by Crippen LogP contribution is 2.24. The number of nitrogens with two attached hydrogens (primary N) is 1. The quantitative estimate of drug-likeness (QED) is 0.660. The van der Waals surface area contributed by atoms with Crippen molar-refractivity contribution in [3.63, 3.8) is 0 Å². The summed E-state index contributed by atoms with van der Waals surface area (Å²) < 4.78 is 32.3. The molecule has 6 nitrogen and oxygen atoms in total. The lowest BCUT2D eigenvalue weighted by atomic mass is 10.2. The Balaban J connectivity index is 2.87. The molecule has 0 saturated carbocycles. The molecule has 4 N–H and O–H groups in total. The molecule has 0 aliphatic carbocycles. The Morgan fingerprint density at radius 1 is 1.44 bits per heavy atom. The van der Waals surface area contributed by atoms with Gasteiger partial charge in [0, 0.05) is 6.54 Å². The SMILES string of the molecule is CCNS(=O)(=O)Nc1ccc(OC)c(N)c1. The average molecular weight is 245 g/mol. The van der Waals surface area contributed by atoms with Gasteiger partial charge in [0.2, 0.25) is 0 Å². The zero-order valence-corrected chi connectivity index (χ0v) is 9.97. The molecule has 0 aliphatic rings. The van der Waals surface area contributed by atoms with E-state index in [1.165, 1.54) is 13.2 Å². The number of benzene rings is 1. The minimum absolute atomic E-state index is 0.320. The van der Waals surface area contributed by atoms with Crippen LogP contribution in [0.2, 0.25) is 0 Å². The van der Waals surface area contributed by atoms with Crippen molar-refractivity contribution in [3.05, 3.63) is 18.2 Å². The zero-order chi connectivity index (χ0) is 12.2. The number of hydrogen-bond acceptors (Lipinski definition) is 4. The second-order valence-electron chi connectivity index (χ2n) is 3.06. The summed E-state index contributed by atoms with van der Waals surface area (Å²) in [6.45, 7) is 2.02. The van der Waals surface area contributed by atoms with Gasteiger partial charge in [0.15, 0.2) is 0 Å². The van der Waals surface area contributed by atoms with Crippen LogP contribution in [0.15, 0.2) is 18.2 Å². The summed E-state index contributed by atoms with van der Waals surface area (Å²) in [5.41, 5.74) is 6.41. The van der Waals surface area contributed by atoms with Gasteiger partial charge in [0.25, 0.3) is 10.2 Å². The van der Waals surface area contributed by atoms with Gasteiger partial charge in [0.05, 0.1) is 18.5 Å². The van der Waals surface area contributed by atoms with Crippen molar-refractivity contribution in [1.82, 2.24) is 4.72 Å².